The Morgan fingerprint density at radius 3 is 2.87 bits per heavy atom. The lowest BCUT2D eigenvalue weighted by molar-refractivity contribution is 0.0267. The van der Waals surface area contributed by atoms with Gasteiger partial charge in [0.25, 0.3) is 0 Å². The van der Waals surface area contributed by atoms with E-state index in [4.69, 9.17) is 10.1 Å². The average Bonchev–Trinajstić information content (AvgIpc) is 2.46. The molecule has 0 atom stereocenters. The number of nitrogens with zero attached hydrogens (tertiary/aromatic N) is 3. The first kappa shape index (κ1) is 17.6. The molecule has 6 nitrogen and oxygen atoms in total. The lowest BCUT2D eigenvalue weighted by Crippen LogP contribution is -2.43. The van der Waals surface area contributed by atoms with E-state index in [0.717, 1.165) is 18.6 Å². The molecule has 124 valence electrons. The Morgan fingerprint density at radius 2 is 2.22 bits per heavy atom. The van der Waals surface area contributed by atoms with Gasteiger partial charge < -0.3 is 9.64 Å². The minimum Gasteiger partial charge on any atom is -0.444 e. The second-order valence-corrected chi connectivity index (χ2v) is 7.18. The van der Waals surface area contributed by atoms with Gasteiger partial charge in [-0.15, -0.1) is 0 Å². The van der Waals surface area contributed by atoms with Crippen LogP contribution in [-0.2, 0) is 4.74 Å². The van der Waals surface area contributed by atoms with Crippen LogP contribution in [0.5, 0.6) is 0 Å². The van der Waals surface area contributed by atoms with E-state index in [1.54, 1.807) is 23.4 Å². The van der Waals surface area contributed by atoms with Gasteiger partial charge in [0.05, 0.1) is 17.8 Å². The van der Waals surface area contributed by atoms with Crippen LogP contribution < -0.4 is 0 Å². The number of carbonyl (C=O) groups is 1. The Balaban J connectivity index is 2.15. The molecule has 1 saturated heterocycles. The fraction of sp³-hybridized carbons (Fsp3) is 0.500. The number of hydrogen-bond donors (Lipinski definition) is 1. The summed E-state index contributed by atoms with van der Waals surface area (Å²) >= 11 is 3.16. The molecular formula is C16H21BrN4O2. The number of hydrogen-bond acceptors (Lipinski definition) is 5. The molecule has 0 spiro atoms. The highest BCUT2D eigenvalue weighted by Crippen LogP contribution is 2.22. The molecular weight excluding hydrogens is 360 g/mol. The number of rotatable bonds is 2. The van der Waals surface area contributed by atoms with Crippen molar-refractivity contribution in [1.29, 1.82) is 5.41 Å². The van der Waals surface area contributed by atoms with Crippen LogP contribution in [0.25, 0.3) is 0 Å². The van der Waals surface area contributed by atoms with Crippen LogP contribution in [0.1, 0.15) is 39.2 Å². The van der Waals surface area contributed by atoms with Gasteiger partial charge in [-0.2, -0.15) is 0 Å². The van der Waals surface area contributed by atoms with Gasteiger partial charge in [-0.25, -0.2) is 4.79 Å². The number of aromatic nitrogens is 1. The molecule has 0 bridgehead atoms. The van der Waals surface area contributed by atoms with Crippen molar-refractivity contribution in [3.63, 3.8) is 0 Å². The Morgan fingerprint density at radius 1 is 1.48 bits per heavy atom. The third-order valence-corrected chi connectivity index (χ3v) is 3.66. The van der Waals surface area contributed by atoms with Gasteiger partial charge >= 0.3 is 6.09 Å². The molecule has 23 heavy (non-hydrogen) atoms. The third kappa shape index (κ3) is 5.13. The topological polar surface area (TPSA) is 78.6 Å². The highest BCUT2D eigenvalue weighted by Gasteiger charge is 2.25. The van der Waals surface area contributed by atoms with Crippen LogP contribution in [0.4, 0.5) is 10.5 Å². The molecule has 1 aliphatic heterocycles. The van der Waals surface area contributed by atoms with E-state index in [9.17, 15) is 4.79 Å². The van der Waals surface area contributed by atoms with Gasteiger partial charge in [0, 0.05) is 24.7 Å². The van der Waals surface area contributed by atoms with Crippen molar-refractivity contribution in [2.24, 2.45) is 4.99 Å². The summed E-state index contributed by atoms with van der Waals surface area (Å²) < 4.78 is 5.66. The quantitative estimate of drug-likeness (QED) is 0.789. The number of likely N-dealkylation sites (tertiary alicyclic amines) is 1. The number of amides is 1. The zero-order valence-corrected chi connectivity index (χ0v) is 15.2. The van der Waals surface area contributed by atoms with E-state index in [-0.39, 0.29) is 10.7 Å². The second kappa shape index (κ2) is 7.21. The molecule has 0 saturated carbocycles. The monoisotopic (exact) mass is 380 g/mol. The van der Waals surface area contributed by atoms with Crippen molar-refractivity contribution in [2.45, 2.75) is 39.2 Å². The maximum atomic E-state index is 12.2. The van der Waals surface area contributed by atoms with Crippen molar-refractivity contribution < 1.29 is 9.53 Å². The number of carbonyl (C=O) groups excluding carboxylic acids is 1. The zero-order valence-electron chi connectivity index (χ0n) is 13.6. The van der Waals surface area contributed by atoms with Gasteiger partial charge in [0.15, 0.2) is 0 Å². The van der Waals surface area contributed by atoms with Crippen LogP contribution in [0, 0.1) is 5.41 Å². The molecule has 0 aromatic carbocycles. The molecule has 2 rings (SSSR count). The maximum absolute atomic E-state index is 12.2. The number of piperidine rings is 1. The number of pyridine rings is 1. The van der Waals surface area contributed by atoms with E-state index in [1.807, 2.05) is 20.8 Å². The molecule has 0 unspecified atom stereocenters. The van der Waals surface area contributed by atoms with Crippen LogP contribution in [0.15, 0.2) is 23.5 Å². The predicted octanol–water partition coefficient (Wildman–Crippen LogP) is 3.91. The molecule has 1 N–H and O–H groups in total. The molecule has 2 heterocycles. The average molecular weight is 381 g/mol. The fourth-order valence-corrected chi connectivity index (χ4v) is 2.56. The van der Waals surface area contributed by atoms with E-state index >= 15 is 0 Å². The second-order valence-electron chi connectivity index (χ2n) is 6.39. The van der Waals surface area contributed by atoms with Crippen molar-refractivity contribution >= 4 is 38.0 Å². The molecule has 0 aliphatic carbocycles. The number of nitrogens with one attached hydrogen (secondary N) is 1. The molecule has 1 aromatic heterocycles. The van der Waals surface area contributed by atoms with Crippen molar-refractivity contribution in [3.8, 4) is 0 Å². The first-order valence-corrected chi connectivity index (χ1v) is 8.28. The smallest absolute Gasteiger partial charge is 0.410 e. The van der Waals surface area contributed by atoms with Gasteiger partial charge in [0.1, 0.15) is 10.2 Å². The lowest BCUT2D eigenvalue weighted by Gasteiger charge is -2.30. The molecule has 0 radical (unpaired) electrons. The first-order chi connectivity index (χ1) is 10.8. The van der Waals surface area contributed by atoms with E-state index < -0.39 is 5.60 Å². The Labute approximate surface area is 144 Å². The van der Waals surface area contributed by atoms with Crippen molar-refractivity contribution in [3.05, 3.63) is 24.0 Å². The summed E-state index contributed by atoms with van der Waals surface area (Å²) in [5.41, 5.74) is 1.72. The van der Waals surface area contributed by atoms with Crippen LogP contribution >= 0.6 is 15.9 Å². The summed E-state index contributed by atoms with van der Waals surface area (Å²) in [5.74, 6) is 0. The zero-order chi connectivity index (χ0) is 17.0. The van der Waals surface area contributed by atoms with Gasteiger partial charge in [-0.3, -0.25) is 15.4 Å². The standard InChI is InChI=1S/C16H21BrN4O2/c1-16(2,3)23-15(22)21-8-4-5-11(10-21)20-13-6-7-19-9-12(13)14(17)18/h6-7,9,18H,4-5,8,10H2,1-3H3. The summed E-state index contributed by atoms with van der Waals surface area (Å²) in [4.78, 5) is 22.5. The van der Waals surface area contributed by atoms with E-state index in [1.165, 1.54) is 0 Å². The van der Waals surface area contributed by atoms with Crippen LogP contribution in [-0.4, -0.2) is 45.0 Å². The predicted molar refractivity (Wildman–Crippen MR) is 94.1 cm³/mol. The number of halogens is 1. The highest BCUT2D eigenvalue weighted by molar-refractivity contribution is 9.18. The highest BCUT2D eigenvalue weighted by atomic mass is 79.9. The first-order valence-electron chi connectivity index (χ1n) is 7.49. The summed E-state index contributed by atoms with van der Waals surface area (Å²) in [6.07, 6.45) is 4.62. The van der Waals surface area contributed by atoms with Crippen LogP contribution in [0.2, 0.25) is 0 Å². The molecule has 1 amide bonds. The fourth-order valence-electron chi connectivity index (χ4n) is 2.25. The van der Waals surface area contributed by atoms with E-state index in [2.05, 4.69) is 25.9 Å². The van der Waals surface area contributed by atoms with Crippen molar-refractivity contribution in [1.82, 2.24) is 9.88 Å². The van der Waals surface area contributed by atoms with Gasteiger partial charge in [-0.1, -0.05) is 0 Å². The Hall–Kier alpha value is -1.76. The summed E-state index contributed by atoms with van der Waals surface area (Å²) in [7, 11) is 0. The SMILES string of the molecule is CC(C)(C)OC(=O)N1CCCC(=Nc2ccncc2C(=N)Br)C1. The molecule has 1 aliphatic rings. The minimum absolute atomic E-state index is 0.241. The van der Waals surface area contributed by atoms with Gasteiger partial charge in [0.2, 0.25) is 0 Å². The third-order valence-electron chi connectivity index (χ3n) is 3.23. The summed E-state index contributed by atoms with van der Waals surface area (Å²) in [6, 6.07) is 1.77. The Kier molecular flexibility index (Phi) is 5.51. The summed E-state index contributed by atoms with van der Waals surface area (Å²) in [5, 5.41) is 7.72. The normalized spacial score (nSPS) is 17.2. The number of aliphatic imine (C=N–C) groups is 1. The lowest BCUT2D eigenvalue weighted by atomic mass is 10.1. The largest absolute Gasteiger partial charge is 0.444 e. The molecule has 1 fully saturated rings. The maximum Gasteiger partial charge on any atom is 0.410 e. The molecule has 1 aromatic rings. The summed E-state index contributed by atoms with van der Waals surface area (Å²) in [6.45, 7) is 6.69. The number of ether oxygens (including phenoxy) is 1. The van der Waals surface area contributed by atoms with Crippen LogP contribution in [0.3, 0.4) is 0 Å². The Bertz CT molecular complexity index is 637. The van der Waals surface area contributed by atoms with Crippen molar-refractivity contribution in [2.75, 3.05) is 13.1 Å². The van der Waals surface area contributed by atoms with Gasteiger partial charge in [-0.05, 0) is 55.6 Å². The molecule has 7 heteroatoms. The van der Waals surface area contributed by atoms with E-state index in [0.29, 0.717) is 24.3 Å². The minimum atomic E-state index is -0.505.